The average molecular weight is 307 g/mol. The van der Waals surface area contributed by atoms with Crippen molar-refractivity contribution in [2.75, 3.05) is 0 Å². The Hall–Kier alpha value is -2.21. The molecule has 0 unspecified atom stereocenters. The Labute approximate surface area is 125 Å². The number of halogens is 1. The maximum absolute atomic E-state index is 13.6. The maximum Gasteiger partial charge on any atom is 0.331 e. The first kappa shape index (κ1) is 15.2. The zero-order chi connectivity index (χ0) is 15.2. The van der Waals surface area contributed by atoms with E-state index in [0.717, 1.165) is 4.88 Å². The van der Waals surface area contributed by atoms with Crippen molar-refractivity contribution in [2.24, 2.45) is 0 Å². The largest absolute Gasteiger partial charge is 0.479 e. The van der Waals surface area contributed by atoms with Gasteiger partial charge in [-0.25, -0.2) is 9.18 Å². The summed E-state index contributed by atoms with van der Waals surface area (Å²) >= 11 is 1.53. The van der Waals surface area contributed by atoms with Crippen molar-refractivity contribution >= 4 is 23.2 Å². The number of hydrogen-bond acceptors (Lipinski definition) is 3. The zero-order valence-corrected chi connectivity index (χ0v) is 11.9. The molecule has 0 aliphatic carbocycles. The van der Waals surface area contributed by atoms with Crippen molar-refractivity contribution < 1.29 is 19.1 Å². The third-order valence-electron chi connectivity index (χ3n) is 2.95. The van der Waals surface area contributed by atoms with E-state index in [4.69, 9.17) is 0 Å². The van der Waals surface area contributed by atoms with E-state index in [1.165, 1.54) is 35.6 Å². The van der Waals surface area contributed by atoms with Gasteiger partial charge in [0.25, 0.3) is 0 Å². The summed E-state index contributed by atoms with van der Waals surface area (Å²) in [5.74, 6) is -2.35. The fourth-order valence-electron chi connectivity index (χ4n) is 1.91. The molecule has 4 nitrogen and oxygen atoms in total. The van der Waals surface area contributed by atoms with E-state index in [1.54, 1.807) is 0 Å². The molecule has 1 aromatic heterocycles. The molecule has 6 heteroatoms. The second-order valence-corrected chi connectivity index (χ2v) is 5.47. The molecule has 21 heavy (non-hydrogen) atoms. The Morgan fingerprint density at radius 2 is 2.00 bits per heavy atom. The van der Waals surface area contributed by atoms with E-state index in [2.05, 4.69) is 5.32 Å². The standard InChI is InChI=1S/C15H14FNO3S/c16-12-6-2-1-5-11(12)14(15(19)20)17-13(18)8-7-10-4-3-9-21-10/h1-6,9,14H,7-8H2,(H,17,18)(H,19,20)/t14-/m0/s1. The molecular formula is C15H14FNO3S. The highest BCUT2D eigenvalue weighted by atomic mass is 32.1. The molecule has 0 aliphatic rings. The summed E-state index contributed by atoms with van der Waals surface area (Å²) in [6.45, 7) is 0. The lowest BCUT2D eigenvalue weighted by Crippen LogP contribution is -2.34. The summed E-state index contributed by atoms with van der Waals surface area (Å²) in [5.41, 5.74) is -0.0468. The third-order valence-corrected chi connectivity index (χ3v) is 3.88. The lowest BCUT2D eigenvalue weighted by Gasteiger charge is -2.15. The topological polar surface area (TPSA) is 66.4 Å². The fourth-order valence-corrected chi connectivity index (χ4v) is 2.62. The number of nitrogens with one attached hydrogen (secondary N) is 1. The van der Waals surface area contributed by atoms with Crippen molar-refractivity contribution in [3.8, 4) is 0 Å². The molecular weight excluding hydrogens is 293 g/mol. The van der Waals surface area contributed by atoms with Crippen LogP contribution in [0.15, 0.2) is 41.8 Å². The Balaban J connectivity index is 2.01. The quantitative estimate of drug-likeness (QED) is 0.862. The summed E-state index contributed by atoms with van der Waals surface area (Å²) in [6, 6.07) is 7.95. The summed E-state index contributed by atoms with van der Waals surface area (Å²) in [4.78, 5) is 24.1. The number of carbonyl (C=O) groups excluding carboxylic acids is 1. The van der Waals surface area contributed by atoms with Gasteiger partial charge in [-0.05, 0) is 23.9 Å². The van der Waals surface area contributed by atoms with Gasteiger partial charge in [0.15, 0.2) is 6.04 Å². The van der Waals surface area contributed by atoms with Crippen LogP contribution < -0.4 is 5.32 Å². The highest BCUT2D eigenvalue weighted by Crippen LogP contribution is 2.18. The van der Waals surface area contributed by atoms with Crippen LogP contribution in [0.1, 0.15) is 22.9 Å². The molecule has 0 bridgehead atoms. The van der Waals surface area contributed by atoms with Gasteiger partial charge in [-0.3, -0.25) is 4.79 Å². The van der Waals surface area contributed by atoms with E-state index in [0.29, 0.717) is 6.42 Å². The number of aliphatic carboxylic acids is 1. The number of hydrogen-bond donors (Lipinski definition) is 2. The first-order valence-corrected chi connectivity index (χ1v) is 7.25. The lowest BCUT2D eigenvalue weighted by atomic mass is 10.1. The monoisotopic (exact) mass is 307 g/mol. The molecule has 1 heterocycles. The number of amides is 1. The van der Waals surface area contributed by atoms with E-state index in [9.17, 15) is 19.1 Å². The van der Waals surface area contributed by atoms with Gasteiger partial charge >= 0.3 is 5.97 Å². The molecule has 110 valence electrons. The van der Waals surface area contributed by atoms with Crippen LogP contribution >= 0.6 is 11.3 Å². The van der Waals surface area contributed by atoms with Crippen molar-refractivity contribution in [1.82, 2.24) is 5.32 Å². The van der Waals surface area contributed by atoms with E-state index >= 15 is 0 Å². The van der Waals surface area contributed by atoms with E-state index in [1.807, 2.05) is 17.5 Å². The second kappa shape index (κ2) is 6.99. The van der Waals surface area contributed by atoms with Crippen LogP contribution in [0.4, 0.5) is 4.39 Å². The Bertz CT molecular complexity index is 628. The van der Waals surface area contributed by atoms with Crippen LogP contribution in [0, 0.1) is 5.82 Å². The lowest BCUT2D eigenvalue weighted by molar-refractivity contribution is -0.142. The number of carbonyl (C=O) groups is 2. The van der Waals surface area contributed by atoms with Crippen molar-refractivity contribution in [3.05, 3.63) is 58.0 Å². The van der Waals surface area contributed by atoms with Gasteiger partial charge in [0.2, 0.25) is 5.91 Å². The summed E-state index contributed by atoms with van der Waals surface area (Å²) in [7, 11) is 0. The Morgan fingerprint density at radius 1 is 1.24 bits per heavy atom. The molecule has 2 N–H and O–H groups in total. The van der Waals surface area contributed by atoms with Crippen LogP contribution in [-0.4, -0.2) is 17.0 Å². The summed E-state index contributed by atoms with van der Waals surface area (Å²) in [6.07, 6.45) is 0.700. The molecule has 0 spiro atoms. The molecule has 1 aromatic carbocycles. The predicted octanol–water partition coefficient (Wildman–Crippen LogP) is 2.76. The van der Waals surface area contributed by atoms with E-state index < -0.39 is 23.7 Å². The minimum Gasteiger partial charge on any atom is -0.479 e. The Kier molecular flexibility index (Phi) is 5.05. The first-order valence-electron chi connectivity index (χ1n) is 6.37. The van der Waals surface area contributed by atoms with Gasteiger partial charge in [0, 0.05) is 16.9 Å². The average Bonchev–Trinajstić information content (AvgIpc) is 2.96. The van der Waals surface area contributed by atoms with Crippen LogP contribution in [-0.2, 0) is 16.0 Å². The van der Waals surface area contributed by atoms with Crippen LogP contribution in [0.2, 0.25) is 0 Å². The highest BCUT2D eigenvalue weighted by Gasteiger charge is 2.24. The van der Waals surface area contributed by atoms with Crippen LogP contribution in [0.25, 0.3) is 0 Å². The van der Waals surface area contributed by atoms with Crippen molar-refractivity contribution in [2.45, 2.75) is 18.9 Å². The SMILES string of the molecule is O=C(CCc1cccs1)N[C@H](C(=O)O)c1ccccc1F. The van der Waals surface area contributed by atoms with Gasteiger partial charge in [-0.2, -0.15) is 0 Å². The number of thiophene rings is 1. The molecule has 2 aromatic rings. The second-order valence-electron chi connectivity index (χ2n) is 4.44. The number of carboxylic acid groups (broad SMARTS) is 1. The van der Waals surface area contributed by atoms with Gasteiger partial charge in [-0.15, -0.1) is 11.3 Å². The summed E-state index contributed by atoms with van der Waals surface area (Å²) < 4.78 is 13.6. The molecule has 1 atom stereocenters. The predicted molar refractivity (Wildman–Crippen MR) is 77.6 cm³/mol. The number of benzene rings is 1. The van der Waals surface area contributed by atoms with Gasteiger partial charge < -0.3 is 10.4 Å². The number of carboxylic acids is 1. The highest BCUT2D eigenvalue weighted by molar-refractivity contribution is 7.09. The van der Waals surface area contributed by atoms with Crippen molar-refractivity contribution in [3.63, 3.8) is 0 Å². The van der Waals surface area contributed by atoms with Gasteiger partial charge in [-0.1, -0.05) is 24.3 Å². The number of aryl methyl sites for hydroxylation is 1. The minimum atomic E-state index is -1.37. The fraction of sp³-hybridized carbons (Fsp3) is 0.200. The van der Waals surface area contributed by atoms with Crippen molar-refractivity contribution in [1.29, 1.82) is 0 Å². The number of rotatable bonds is 6. The minimum absolute atomic E-state index is 0.0468. The Morgan fingerprint density at radius 3 is 2.62 bits per heavy atom. The van der Waals surface area contributed by atoms with Gasteiger partial charge in [0.05, 0.1) is 0 Å². The maximum atomic E-state index is 13.6. The molecule has 0 saturated heterocycles. The summed E-state index contributed by atoms with van der Waals surface area (Å²) in [5, 5.41) is 13.4. The molecule has 0 fully saturated rings. The molecule has 0 aliphatic heterocycles. The third kappa shape index (κ3) is 4.13. The van der Waals surface area contributed by atoms with Gasteiger partial charge in [0.1, 0.15) is 5.82 Å². The molecule has 0 radical (unpaired) electrons. The molecule has 2 rings (SSSR count). The molecule has 1 amide bonds. The normalized spacial score (nSPS) is 11.9. The first-order chi connectivity index (χ1) is 10.1. The molecule has 0 saturated carbocycles. The van der Waals surface area contributed by atoms with Crippen LogP contribution in [0.5, 0.6) is 0 Å². The smallest absolute Gasteiger partial charge is 0.331 e. The zero-order valence-electron chi connectivity index (χ0n) is 11.1. The van der Waals surface area contributed by atoms with E-state index in [-0.39, 0.29) is 12.0 Å². The van der Waals surface area contributed by atoms with Crippen LogP contribution in [0.3, 0.4) is 0 Å².